The Hall–Kier alpha value is -0.870. The number of halogens is 1. The molecule has 5 heteroatoms. The van der Waals surface area contributed by atoms with Crippen molar-refractivity contribution in [2.75, 3.05) is 5.32 Å². The molecule has 0 aliphatic carbocycles. The molecule has 0 radical (unpaired) electrons. The van der Waals surface area contributed by atoms with Crippen LogP contribution in [0.1, 0.15) is 27.2 Å². The van der Waals surface area contributed by atoms with Gasteiger partial charge in [-0.15, -0.1) is 0 Å². The predicted octanol–water partition coefficient (Wildman–Crippen LogP) is 4.19. The minimum Gasteiger partial charge on any atom is -0.380 e. The lowest BCUT2D eigenvalue weighted by atomic mass is 10.0. The maximum absolute atomic E-state index is 6.22. The van der Waals surface area contributed by atoms with Gasteiger partial charge in [0.15, 0.2) is 0 Å². The molecule has 0 aliphatic heterocycles. The number of hydrogen-bond donors (Lipinski definition) is 1. The fraction of sp³-hybridized carbons (Fsp3) is 0.500. The van der Waals surface area contributed by atoms with E-state index in [-0.39, 0.29) is 0 Å². The first-order chi connectivity index (χ1) is 8.08. The Labute approximate surface area is 111 Å². The Kier molecular flexibility index (Phi) is 3.84. The maximum Gasteiger partial charge on any atom is 0.129 e. The summed E-state index contributed by atoms with van der Waals surface area (Å²) in [5, 5.41) is 4.15. The van der Waals surface area contributed by atoms with Gasteiger partial charge < -0.3 is 5.32 Å². The molecule has 1 N–H and O–H groups in total. The largest absolute Gasteiger partial charge is 0.380 e. The third-order valence-electron chi connectivity index (χ3n) is 2.59. The van der Waals surface area contributed by atoms with Crippen molar-refractivity contribution < 1.29 is 0 Å². The van der Waals surface area contributed by atoms with Gasteiger partial charge in [-0.25, -0.2) is 0 Å². The molecule has 0 saturated heterocycles. The van der Waals surface area contributed by atoms with Crippen molar-refractivity contribution in [3.05, 3.63) is 17.2 Å². The lowest BCUT2D eigenvalue weighted by Crippen LogP contribution is -2.17. The first-order valence-electron chi connectivity index (χ1n) is 5.75. The van der Waals surface area contributed by atoms with Crippen LogP contribution >= 0.6 is 23.3 Å². The van der Waals surface area contributed by atoms with Crippen LogP contribution in [0.4, 0.5) is 5.69 Å². The molecule has 92 valence electrons. The number of fused-ring (bicyclic) bond motifs is 1. The highest BCUT2D eigenvalue weighted by Gasteiger charge is 2.12. The quantitative estimate of drug-likeness (QED) is 0.904. The van der Waals surface area contributed by atoms with Gasteiger partial charge in [0.1, 0.15) is 11.0 Å². The molecule has 1 heterocycles. The summed E-state index contributed by atoms with van der Waals surface area (Å²) >= 11 is 7.43. The molecule has 1 atom stereocenters. The summed E-state index contributed by atoms with van der Waals surface area (Å²) in [6.07, 6.45) is 1.10. The zero-order chi connectivity index (χ0) is 12.4. The van der Waals surface area contributed by atoms with Gasteiger partial charge in [-0.3, -0.25) is 0 Å². The van der Waals surface area contributed by atoms with E-state index in [4.69, 9.17) is 11.6 Å². The zero-order valence-corrected chi connectivity index (χ0v) is 11.8. The van der Waals surface area contributed by atoms with Crippen LogP contribution in [0, 0.1) is 5.92 Å². The first kappa shape index (κ1) is 12.6. The molecule has 2 aromatic rings. The summed E-state index contributed by atoms with van der Waals surface area (Å²) in [7, 11) is 0. The van der Waals surface area contributed by atoms with Crippen LogP contribution in [0.25, 0.3) is 11.0 Å². The molecule has 0 bridgehead atoms. The number of anilines is 1. The summed E-state index contributed by atoms with van der Waals surface area (Å²) < 4.78 is 8.52. The van der Waals surface area contributed by atoms with Crippen molar-refractivity contribution in [1.29, 1.82) is 0 Å². The molecule has 0 aliphatic rings. The standard InChI is InChI=1S/C12H16ClN3S/c1-7(2)6-8(3)14-11-9(13)4-5-10-12(11)16-17-15-10/h4-5,7-8,14H,6H2,1-3H3. The fourth-order valence-corrected chi connectivity index (χ4v) is 2.73. The van der Waals surface area contributed by atoms with E-state index in [1.54, 1.807) is 0 Å². The van der Waals surface area contributed by atoms with Gasteiger partial charge in [0.2, 0.25) is 0 Å². The summed E-state index contributed by atoms with van der Waals surface area (Å²) in [5.41, 5.74) is 2.68. The Morgan fingerprint density at radius 1 is 1.29 bits per heavy atom. The molecule has 2 rings (SSSR count). The van der Waals surface area contributed by atoms with E-state index in [1.165, 1.54) is 11.7 Å². The van der Waals surface area contributed by atoms with Crippen molar-refractivity contribution >= 4 is 40.0 Å². The Morgan fingerprint density at radius 2 is 2.06 bits per heavy atom. The highest BCUT2D eigenvalue weighted by Crippen LogP contribution is 2.30. The highest BCUT2D eigenvalue weighted by atomic mass is 35.5. The third-order valence-corrected chi connectivity index (χ3v) is 3.45. The second-order valence-electron chi connectivity index (χ2n) is 4.73. The van der Waals surface area contributed by atoms with Crippen molar-refractivity contribution in [3.63, 3.8) is 0 Å². The second-order valence-corrected chi connectivity index (χ2v) is 5.66. The van der Waals surface area contributed by atoms with Gasteiger partial charge in [-0.1, -0.05) is 25.4 Å². The van der Waals surface area contributed by atoms with Crippen LogP contribution in [-0.2, 0) is 0 Å². The van der Waals surface area contributed by atoms with Crippen molar-refractivity contribution in [1.82, 2.24) is 8.75 Å². The van der Waals surface area contributed by atoms with Crippen LogP contribution in [0.15, 0.2) is 12.1 Å². The highest BCUT2D eigenvalue weighted by molar-refractivity contribution is 7.00. The van der Waals surface area contributed by atoms with Gasteiger partial charge in [-0.05, 0) is 31.4 Å². The van der Waals surface area contributed by atoms with Gasteiger partial charge in [0.25, 0.3) is 0 Å². The Bertz CT molecular complexity index is 509. The fourth-order valence-electron chi connectivity index (χ4n) is 1.98. The minimum absolute atomic E-state index is 0.375. The molecule has 0 fully saturated rings. The van der Waals surface area contributed by atoms with Crippen LogP contribution in [-0.4, -0.2) is 14.8 Å². The average molecular weight is 270 g/mol. The Balaban J connectivity index is 2.28. The number of hydrogen-bond acceptors (Lipinski definition) is 4. The topological polar surface area (TPSA) is 37.8 Å². The predicted molar refractivity (Wildman–Crippen MR) is 75.0 cm³/mol. The van der Waals surface area contributed by atoms with Gasteiger partial charge >= 0.3 is 0 Å². The monoisotopic (exact) mass is 269 g/mol. The molecule has 0 amide bonds. The zero-order valence-electron chi connectivity index (χ0n) is 10.2. The summed E-state index contributed by atoms with van der Waals surface area (Å²) in [6, 6.07) is 4.15. The van der Waals surface area contributed by atoms with E-state index in [9.17, 15) is 0 Å². The molecule has 1 aromatic heterocycles. The van der Waals surface area contributed by atoms with E-state index >= 15 is 0 Å². The SMILES string of the molecule is CC(C)CC(C)Nc1c(Cl)ccc2nsnc12. The Morgan fingerprint density at radius 3 is 2.76 bits per heavy atom. The molecule has 1 aromatic carbocycles. The van der Waals surface area contributed by atoms with Crippen molar-refractivity contribution in [2.24, 2.45) is 5.92 Å². The summed E-state index contributed by atoms with van der Waals surface area (Å²) in [6.45, 7) is 6.59. The molecule has 0 spiro atoms. The van der Waals surface area contributed by atoms with Crippen LogP contribution in [0.3, 0.4) is 0 Å². The van der Waals surface area contributed by atoms with E-state index in [2.05, 4.69) is 34.8 Å². The first-order valence-corrected chi connectivity index (χ1v) is 6.86. The van der Waals surface area contributed by atoms with E-state index in [0.29, 0.717) is 17.0 Å². The second kappa shape index (κ2) is 5.19. The van der Waals surface area contributed by atoms with Crippen LogP contribution in [0.5, 0.6) is 0 Å². The number of nitrogens with one attached hydrogen (secondary N) is 1. The van der Waals surface area contributed by atoms with Crippen LogP contribution in [0.2, 0.25) is 5.02 Å². The molecular formula is C12H16ClN3S. The number of benzene rings is 1. The van der Waals surface area contributed by atoms with E-state index < -0.39 is 0 Å². The summed E-state index contributed by atoms with van der Waals surface area (Å²) in [5.74, 6) is 0.657. The smallest absolute Gasteiger partial charge is 0.129 e. The lowest BCUT2D eigenvalue weighted by Gasteiger charge is -2.18. The lowest BCUT2D eigenvalue weighted by molar-refractivity contribution is 0.540. The number of rotatable bonds is 4. The van der Waals surface area contributed by atoms with E-state index in [0.717, 1.165) is 23.1 Å². The molecular weight excluding hydrogens is 254 g/mol. The molecule has 3 nitrogen and oxygen atoms in total. The van der Waals surface area contributed by atoms with Crippen molar-refractivity contribution in [3.8, 4) is 0 Å². The van der Waals surface area contributed by atoms with Gasteiger partial charge in [0, 0.05) is 6.04 Å². The van der Waals surface area contributed by atoms with Crippen LogP contribution < -0.4 is 5.32 Å². The maximum atomic E-state index is 6.22. The average Bonchev–Trinajstić information content (AvgIpc) is 2.69. The van der Waals surface area contributed by atoms with Crippen molar-refractivity contribution in [2.45, 2.75) is 33.2 Å². The summed E-state index contributed by atoms with van der Waals surface area (Å²) in [4.78, 5) is 0. The molecule has 0 saturated carbocycles. The molecule has 17 heavy (non-hydrogen) atoms. The normalized spacial score (nSPS) is 13.2. The number of nitrogens with zero attached hydrogens (tertiary/aromatic N) is 2. The molecule has 1 unspecified atom stereocenters. The van der Waals surface area contributed by atoms with E-state index in [1.807, 2.05) is 12.1 Å². The number of aromatic nitrogens is 2. The minimum atomic E-state index is 0.375. The van der Waals surface area contributed by atoms with Gasteiger partial charge in [-0.2, -0.15) is 8.75 Å². The van der Waals surface area contributed by atoms with Gasteiger partial charge in [0.05, 0.1) is 22.4 Å². The third kappa shape index (κ3) is 2.87.